The van der Waals surface area contributed by atoms with E-state index < -0.39 is 21.4 Å². The number of non-ortho nitro benzene ring substituents is 1. The molecule has 3 rings (SSSR count). The molecule has 0 unspecified atom stereocenters. The van der Waals surface area contributed by atoms with Crippen molar-refractivity contribution >= 4 is 23.0 Å². The van der Waals surface area contributed by atoms with Gasteiger partial charge >= 0.3 is 5.69 Å². The molecule has 30 heavy (non-hydrogen) atoms. The van der Waals surface area contributed by atoms with Crippen molar-refractivity contribution in [1.29, 1.82) is 0 Å². The number of nitro groups is 2. The highest BCUT2D eigenvalue weighted by Gasteiger charge is 2.27. The minimum absolute atomic E-state index is 0.0518. The van der Waals surface area contributed by atoms with E-state index in [4.69, 9.17) is 4.74 Å². The Hall–Kier alpha value is -4.28. The monoisotopic (exact) mass is 411 g/mol. The van der Waals surface area contributed by atoms with Crippen molar-refractivity contribution in [3.8, 4) is 11.5 Å². The molecule has 0 saturated carbocycles. The normalized spacial score (nSPS) is 10.5. The molecule has 1 aromatic heterocycles. The van der Waals surface area contributed by atoms with Gasteiger partial charge in [0, 0.05) is 18.7 Å². The molecule has 0 spiro atoms. The quantitative estimate of drug-likeness (QED) is 0.456. The van der Waals surface area contributed by atoms with Gasteiger partial charge in [-0.3, -0.25) is 29.7 Å². The number of nitrogens with one attached hydrogen (secondary N) is 1. The van der Waals surface area contributed by atoms with Gasteiger partial charge in [-0.05, 0) is 25.5 Å². The summed E-state index contributed by atoms with van der Waals surface area (Å²) in [6, 6.07) is 10.9. The van der Waals surface area contributed by atoms with Crippen molar-refractivity contribution < 1.29 is 19.4 Å². The SMILES string of the molecule is CCn1ncc([N+](=O)[O-])c1C(=O)Nc1cc(Oc2ccccc2C)cc([N+](=O)[O-])c1. The number of benzene rings is 2. The van der Waals surface area contributed by atoms with Crippen molar-refractivity contribution in [3.05, 3.63) is 80.1 Å². The zero-order valence-corrected chi connectivity index (χ0v) is 16.1. The van der Waals surface area contributed by atoms with Crippen LogP contribution in [0.25, 0.3) is 0 Å². The van der Waals surface area contributed by atoms with E-state index in [0.717, 1.165) is 17.8 Å². The maximum absolute atomic E-state index is 12.7. The van der Waals surface area contributed by atoms with E-state index in [1.54, 1.807) is 19.1 Å². The number of carbonyl (C=O) groups is 1. The number of carbonyl (C=O) groups excluding carboxylic acids is 1. The minimum atomic E-state index is -0.816. The van der Waals surface area contributed by atoms with Crippen LogP contribution in [0.2, 0.25) is 0 Å². The fourth-order valence-corrected chi connectivity index (χ4v) is 2.79. The molecule has 3 aromatic rings. The third-order valence-corrected chi connectivity index (χ3v) is 4.21. The van der Waals surface area contributed by atoms with Gasteiger partial charge < -0.3 is 10.1 Å². The molecule has 2 aromatic carbocycles. The summed E-state index contributed by atoms with van der Waals surface area (Å²) in [7, 11) is 0. The van der Waals surface area contributed by atoms with Gasteiger partial charge in [0.05, 0.1) is 21.6 Å². The minimum Gasteiger partial charge on any atom is -0.457 e. The smallest absolute Gasteiger partial charge is 0.320 e. The van der Waals surface area contributed by atoms with Crippen molar-refractivity contribution in [2.24, 2.45) is 0 Å². The zero-order chi connectivity index (χ0) is 21.8. The second-order valence-electron chi connectivity index (χ2n) is 6.25. The molecule has 11 heteroatoms. The Morgan fingerprint density at radius 1 is 1.17 bits per heavy atom. The van der Waals surface area contributed by atoms with E-state index in [1.165, 1.54) is 16.8 Å². The van der Waals surface area contributed by atoms with Gasteiger partial charge in [0.2, 0.25) is 5.69 Å². The lowest BCUT2D eigenvalue weighted by molar-refractivity contribution is -0.385. The predicted molar refractivity (Wildman–Crippen MR) is 107 cm³/mol. The van der Waals surface area contributed by atoms with Crippen molar-refractivity contribution in [2.75, 3.05) is 5.32 Å². The highest BCUT2D eigenvalue weighted by Crippen LogP contribution is 2.31. The summed E-state index contributed by atoms with van der Waals surface area (Å²) in [5.41, 5.74) is -0.158. The van der Waals surface area contributed by atoms with Crippen LogP contribution in [-0.4, -0.2) is 25.5 Å². The number of hydrogen-bond donors (Lipinski definition) is 1. The number of amides is 1. The van der Waals surface area contributed by atoms with Gasteiger partial charge in [-0.15, -0.1) is 0 Å². The molecule has 0 atom stereocenters. The van der Waals surface area contributed by atoms with E-state index in [1.807, 2.05) is 19.1 Å². The number of para-hydroxylation sites is 1. The van der Waals surface area contributed by atoms with Gasteiger partial charge in [0.15, 0.2) is 0 Å². The van der Waals surface area contributed by atoms with Crippen LogP contribution in [0.15, 0.2) is 48.7 Å². The van der Waals surface area contributed by atoms with E-state index in [9.17, 15) is 25.0 Å². The Bertz CT molecular complexity index is 1140. The third kappa shape index (κ3) is 4.24. The van der Waals surface area contributed by atoms with Gasteiger partial charge in [0.1, 0.15) is 17.7 Å². The van der Waals surface area contributed by atoms with E-state index >= 15 is 0 Å². The lowest BCUT2D eigenvalue weighted by atomic mass is 10.2. The summed E-state index contributed by atoms with van der Waals surface area (Å²) >= 11 is 0. The number of hydrogen-bond acceptors (Lipinski definition) is 7. The first-order valence-corrected chi connectivity index (χ1v) is 8.84. The Labute approximate surface area is 170 Å². The fourth-order valence-electron chi connectivity index (χ4n) is 2.79. The van der Waals surface area contributed by atoms with Crippen LogP contribution in [0.3, 0.4) is 0 Å². The van der Waals surface area contributed by atoms with Crippen LogP contribution in [0.1, 0.15) is 23.0 Å². The number of nitrogens with zero attached hydrogens (tertiary/aromatic N) is 4. The number of nitro benzene ring substituents is 1. The maximum Gasteiger partial charge on any atom is 0.320 e. The summed E-state index contributed by atoms with van der Waals surface area (Å²) in [5.74, 6) is -0.189. The zero-order valence-electron chi connectivity index (χ0n) is 16.1. The van der Waals surface area contributed by atoms with Crippen LogP contribution in [0.5, 0.6) is 11.5 Å². The van der Waals surface area contributed by atoms with E-state index in [0.29, 0.717) is 5.75 Å². The summed E-state index contributed by atoms with van der Waals surface area (Å²) < 4.78 is 6.91. The van der Waals surface area contributed by atoms with E-state index in [2.05, 4.69) is 10.4 Å². The third-order valence-electron chi connectivity index (χ3n) is 4.21. The molecule has 0 bridgehead atoms. The van der Waals surface area contributed by atoms with Crippen LogP contribution < -0.4 is 10.1 Å². The Morgan fingerprint density at radius 3 is 2.53 bits per heavy atom. The molecule has 1 N–H and O–H groups in total. The largest absolute Gasteiger partial charge is 0.457 e. The number of anilines is 1. The average Bonchev–Trinajstić information content (AvgIpc) is 3.14. The Balaban J connectivity index is 1.96. The lowest BCUT2D eigenvalue weighted by Crippen LogP contribution is -2.18. The Morgan fingerprint density at radius 2 is 1.90 bits per heavy atom. The van der Waals surface area contributed by atoms with Crippen LogP contribution in [-0.2, 0) is 6.54 Å². The van der Waals surface area contributed by atoms with Crippen molar-refractivity contribution in [3.63, 3.8) is 0 Å². The van der Waals surface area contributed by atoms with Crippen molar-refractivity contribution in [1.82, 2.24) is 9.78 Å². The topological polar surface area (TPSA) is 142 Å². The molecule has 11 nitrogen and oxygen atoms in total. The Kier molecular flexibility index (Phi) is 5.72. The molecule has 1 amide bonds. The molecule has 0 fully saturated rings. The number of rotatable bonds is 7. The summed E-state index contributed by atoms with van der Waals surface area (Å²) in [5, 5.41) is 28.8. The summed E-state index contributed by atoms with van der Waals surface area (Å²) in [6.45, 7) is 3.72. The number of aromatic nitrogens is 2. The van der Waals surface area contributed by atoms with Gasteiger partial charge in [-0.2, -0.15) is 5.10 Å². The summed E-state index contributed by atoms with van der Waals surface area (Å²) in [4.78, 5) is 33.9. The van der Waals surface area contributed by atoms with Crippen LogP contribution in [0, 0.1) is 27.2 Å². The first-order valence-electron chi connectivity index (χ1n) is 8.84. The molecule has 0 radical (unpaired) electrons. The molecular weight excluding hydrogens is 394 g/mol. The van der Waals surface area contributed by atoms with Gasteiger partial charge in [-0.25, -0.2) is 0 Å². The van der Waals surface area contributed by atoms with Gasteiger partial charge in [-0.1, -0.05) is 18.2 Å². The molecule has 0 saturated heterocycles. The standard InChI is InChI=1S/C19H17N5O6/c1-3-22-18(16(11-20-22)24(28)29)19(25)21-13-8-14(23(26)27)10-15(9-13)30-17-7-5-4-6-12(17)2/h4-11H,3H2,1-2H3,(H,21,25). The first kappa shape index (κ1) is 20.5. The second-order valence-corrected chi connectivity index (χ2v) is 6.25. The molecule has 0 aliphatic rings. The highest BCUT2D eigenvalue weighted by molar-refractivity contribution is 6.06. The van der Waals surface area contributed by atoms with Crippen LogP contribution >= 0.6 is 0 Å². The average molecular weight is 411 g/mol. The fraction of sp³-hybridized carbons (Fsp3) is 0.158. The van der Waals surface area contributed by atoms with Crippen molar-refractivity contribution in [2.45, 2.75) is 20.4 Å². The maximum atomic E-state index is 12.7. The lowest BCUT2D eigenvalue weighted by Gasteiger charge is -2.11. The van der Waals surface area contributed by atoms with E-state index in [-0.39, 0.29) is 29.4 Å². The molecule has 0 aliphatic carbocycles. The predicted octanol–water partition coefficient (Wildman–Crippen LogP) is 4.07. The number of aryl methyl sites for hydroxylation is 2. The molecule has 0 aliphatic heterocycles. The molecule has 1 heterocycles. The first-order chi connectivity index (χ1) is 14.3. The van der Waals surface area contributed by atoms with Gasteiger partial charge in [0.25, 0.3) is 11.6 Å². The molecule has 154 valence electrons. The molecular formula is C19H17N5O6. The number of ether oxygens (including phenoxy) is 1. The second kappa shape index (κ2) is 8.39. The summed E-state index contributed by atoms with van der Waals surface area (Å²) in [6.07, 6.45) is 0.985. The highest BCUT2D eigenvalue weighted by atomic mass is 16.6. The van der Waals surface area contributed by atoms with Crippen LogP contribution in [0.4, 0.5) is 17.1 Å².